The van der Waals surface area contributed by atoms with Crippen LogP contribution in [0.5, 0.6) is 0 Å². The highest BCUT2D eigenvalue weighted by Gasteiger charge is 2.15. The van der Waals surface area contributed by atoms with E-state index < -0.39 is 12.5 Å². The van der Waals surface area contributed by atoms with Gasteiger partial charge in [-0.1, -0.05) is 0 Å². The van der Waals surface area contributed by atoms with Gasteiger partial charge in [0.25, 0.3) is 6.43 Å². The number of nitrogen functional groups attached to an aromatic ring is 1. The van der Waals surface area contributed by atoms with Crippen molar-refractivity contribution in [2.75, 3.05) is 17.6 Å². The standard InChI is InChI=1S/C8H11F2N3O/c9-8(10)6(14)4-12-5-1-2-7(11)13-3-5/h1-3,6,8,12,14H,4H2,(H2,11,13). The van der Waals surface area contributed by atoms with Crippen LogP contribution in [0, 0.1) is 0 Å². The van der Waals surface area contributed by atoms with E-state index in [0.717, 1.165) is 0 Å². The molecule has 0 aliphatic carbocycles. The second-order valence-corrected chi connectivity index (χ2v) is 2.75. The number of nitrogens with zero attached hydrogens (tertiary/aromatic N) is 1. The van der Waals surface area contributed by atoms with Crippen LogP contribution < -0.4 is 11.1 Å². The Kier molecular flexibility index (Phi) is 3.58. The van der Waals surface area contributed by atoms with Gasteiger partial charge >= 0.3 is 0 Å². The third-order valence-corrected chi connectivity index (χ3v) is 1.59. The van der Waals surface area contributed by atoms with Crippen LogP contribution in [0.4, 0.5) is 20.3 Å². The number of hydrogen-bond acceptors (Lipinski definition) is 4. The maximum atomic E-state index is 11.9. The van der Waals surface area contributed by atoms with Crippen molar-refractivity contribution in [1.82, 2.24) is 4.98 Å². The Bertz CT molecular complexity index is 278. The van der Waals surface area contributed by atoms with E-state index in [2.05, 4.69) is 10.3 Å². The van der Waals surface area contributed by atoms with Crippen LogP contribution in [0.2, 0.25) is 0 Å². The van der Waals surface area contributed by atoms with Gasteiger partial charge in [0.1, 0.15) is 11.9 Å². The molecule has 0 spiro atoms. The highest BCUT2D eigenvalue weighted by molar-refractivity contribution is 5.45. The van der Waals surface area contributed by atoms with Crippen LogP contribution >= 0.6 is 0 Å². The predicted molar refractivity (Wildman–Crippen MR) is 49.1 cm³/mol. The SMILES string of the molecule is Nc1ccc(NCC(O)C(F)F)cn1. The summed E-state index contributed by atoms with van der Waals surface area (Å²) < 4.78 is 23.7. The Morgan fingerprint density at radius 3 is 2.71 bits per heavy atom. The predicted octanol–water partition coefficient (Wildman–Crippen LogP) is 0.702. The van der Waals surface area contributed by atoms with Gasteiger partial charge in [0, 0.05) is 6.54 Å². The monoisotopic (exact) mass is 203 g/mol. The molecule has 1 unspecified atom stereocenters. The lowest BCUT2D eigenvalue weighted by molar-refractivity contribution is 0.00384. The van der Waals surface area contributed by atoms with Gasteiger partial charge in [0.2, 0.25) is 0 Å². The number of aliphatic hydroxyl groups is 1. The van der Waals surface area contributed by atoms with Crippen molar-refractivity contribution in [3.8, 4) is 0 Å². The molecular weight excluding hydrogens is 192 g/mol. The molecule has 0 saturated carbocycles. The molecule has 1 heterocycles. The number of hydrogen-bond donors (Lipinski definition) is 3. The third kappa shape index (κ3) is 3.14. The van der Waals surface area contributed by atoms with E-state index in [-0.39, 0.29) is 6.54 Å². The first-order valence-corrected chi connectivity index (χ1v) is 4.01. The van der Waals surface area contributed by atoms with Gasteiger partial charge < -0.3 is 16.2 Å². The molecule has 0 radical (unpaired) electrons. The average molecular weight is 203 g/mol. The average Bonchev–Trinajstić information content (AvgIpc) is 2.16. The molecule has 1 atom stereocenters. The van der Waals surface area contributed by atoms with Crippen molar-refractivity contribution >= 4 is 11.5 Å². The fourth-order valence-corrected chi connectivity index (χ4v) is 0.821. The first-order valence-electron chi connectivity index (χ1n) is 4.01. The largest absolute Gasteiger partial charge is 0.385 e. The van der Waals surface area contributed by atoms with E-state index in [9.17, 15) is 8.78 Å². The molecule has 1 rings (SSSR count). The Labute approximate surface area is 79.8 Å². The lowest BCUT2D eigenvalue weighted by Gasteiger charge is -2.11. The van der Waals surface area contributed by atoms with Gasteiger partial charge in [-0.05, 0) is 12.1 Å². The van der Waals surface area contributed by atoms with E-state index in [1.807, 2.05) is 0 Å². The Hall–Kier alpha value is -1.43. The van der Waals surface area contributed by atoms with Crippen molar-refractivity contribution in [3.05, 3.63) is 18.3 Å². The minimum absolute atomic E-state index is 0.219. The Morgan fingerprint density at radius 1 is 1.50 bits per heavy atom. The van der Waals surface area contributed by atoms with E-state index in [4.69, 9.17) is 10.8 Å². The van der Waals surface area contributed by atoms with Gasteiger partial charge in [-0.2, -0.15) is 0 Å². The maximum absolute atomic E-state index is 11.9. The Morgan fingerprint density at radius 2 is 2.21 bits per heavy atom. The van der Waals surface area contributed by atoms with Crippen molar-refractivity contribution in [2.24, 2.45) is 0 Å². The lowest BCUT2D eigenvalue weighted by Crippen LogP contribution is -2.26. The molecule has 0 saturated heterocycles. The fraction of sp³-hybridized carbons (Fsp3) is 0.375. The van der Waals surface area contributed by atoms with Crippen LogP contribution in [0.15, 0.2) is 18.3 Å². The summed E-state index contributed by atoms with van der Waals surface area (Å²) in [6, 6.07) is 3.14. The molecule has 0 amide bonds. The highest BCUT2D eigenvalue weighted by Crippen LogP contribution is 2.08. The summed E-state index contributed by atoms with van der Waals surface area (Å²) in [6.07, 6.45) is -3.01. The fourth-order valence-electron chi connectivity index (χ4n) is 0.821. The molecule has 4 N–H and O–H groups in total. The molecule has 1 aromatic heterocycles. The smallest absolute Gasteiger partial charge is 0.265 e. The molecular formula is C8H11F2N3O. The van der Waals surface area contributed by atoms with Crippen LogP contribution in [0.25, 0.3) is 0 Å². The van der Waals surface area contributed by atoms with E-state index in [1.54, 1.807) is 6.07 Å². The molecule has 1 aromatic rings. The molecule has 14 heavy (non-hydrogen) atoms. The maximum Gasteiger partial charge on any atom is 0.265 e. The van der Waals surface area contributed by atoms with E-state index >= 15 is 0 Å². The number of nitrogens with two attached hydrogens (primary N) is 1. The number of nitrogens with one attached hydrogen (secondary N) is 1. The zero-order valence-electron chi connectivity index (χ0n) is 7.32. The van der Waals surface area contributed by atoms with Crippen LogP contribution in [0.3, 0.4) is 0 Å². The summed E-state index contributed by atoms with van der Waals surface area (Å²) in [6.45, 7) is -0.219. The summed E-state index contributed by atoms with van der Waals surface area (Å²) in [7, 11) is 0. The zero-order valence-corrected chi connectivity index (χ0v) is 7.32. The Balaban J connectivity index is 2.42. The molecule has 0 bridgehead atoms. The van der Waals surface area contributed by atoms with Gasteiger partial charge in [0.15, 0.2) is 0 Å². The van der Waals surface area contributed by atoms with Gasteiger partial charge in [-0.15, -0.1) is 0 Å². The number of pyridine rings is 1. The van der Waals surface area contributed by atoms with Gasteiger partial charge in [-0.3, -0.25) is 0 Å². The molecule has 6 heteroatoms. The molecule has 0 aromatic carbocycles. The zero-order chi connectivity index (χ0) is 10.6. The van der Waals surface area contributed by atoms with Gasteiger partial charge in [-0.25, -0.2) is 13.8 Å². The minimum atomic E-state index is -2.75. The van der Waals surface area contributed by atoms with Crippen molar-refractivity contribution < 1.29 is 13.9 Å². The highest BCUT2D eigenvalue weighted by atomic mass is 19.3. The number of aromatic nitrogens is 1. The summed E-state index contributed by atoms with van der Waals surface area (Å²) >= 11 is 0. The summed E-state index contributed by atoms with van der Waals surface area (Å²) in [5, 5.41) is 11.4. The van der Waals surface area contributed by atoms with Crippen LogP contribution in [-0.2, 0) is 0 Å². The van der Waals surface area contributed by atoms with E-state index in [1.165, 1.54) is 12.3 Å². The van der Waals surface area contributed by atoms with Crippen LogP contribution in [-0.4, -0.2) is 29.2 Å². The molecule has 0 aliphatic heterocycles. The third-order valence-electron chi connectivity index (χ3n) is 1.59. The topological polar surface area (TPSA) is 71.2 Å². The summed E-state index contributed by atoms with van der Waals surface area (Å²) in [5.41, 5.74) is 5.86. The van der Waals surface area contributed by atoms with Crippen molar-refractivity contribution in [1.29, 1.82) is 0 Å². The lowest BCUT2D eigenvalue weighted by atomic mass is 10.3. The minimum Gasteiger partial charge on any atom is -0.385 e. The molecule has 4 nitrogen and oxygen atoms in total. The second-order valence-electron chi connectivity index (χ2n) is 2.75. The molecule has 78 valence electrons. The summed E-state index contributed by atoms with van der Waals surface area (Å²) in [4.78, 5) is 3.75. The second kappa shape index (κ2) is 4.71. The summed E-state index contributed by atoms with van der Waals surface area (Å²) in [5.74, 6) is 0.352. The quantitative estimate of drug-likeness (QED) is 0.673. The van der Waals surface area contributed by atoms with Crippen molar-refractivity contribution in [3.63, 3.8) is 0 Å². The number of aliphatic hydroxyl groups excluding tert-OH is 1. The normalized spacial score (nSPS) is 12.9. The van der Waals surface area contributed by atoms with E-state index in [0.29, 0.717) is 11.5 Å². The van der Waals surface area contributed by atoms with Crippen molar-refractivity contribution in [2.45, 2.75) is 12.5 Å². The number of alkyl halides is 2. The first kappa shape index (κ1) is 10.6. The number of halogens is 2. The molecule has 0 aliphatic rings. The van der Waals surface area contributed by atoms with Gasteiger partial charge in [0.05, 0.1) is 11.9 Å². The van der Waals surface area contributed by atoms with Crippen LogP contribution in [0.1, 0.15) is 0 Å². The first-order chi connectivity index (χ1) is 6.59. The number of anilines is 2. The number of rotatable bonds is 4. The molecule has 0 fully saturated rings.